The van der Waals surface area contributed by atoms with Gasteiger partial charge >= 0.3 is 0 Å². The fraction of sp³-hybridized carbons (Fsp3) is 0.538. The summed E-state index contributed by atoms with van der Waals surface area (Å²) >= 11 is 0. The summed E-state index contributed by atoms with van der Waals surface area (Å²) in [6.45, 7) is 9.42. The van der Waals surface area contributed by atoms with Crippen molar-refractivity contribution in [3.05, 3.63) is 24.8 Å². The van der Waals surface area contributed by atoms with Crippen molar-refractivity contribution >= 4 is 11.9 Å². The lowest BCUT2D eigenvalue weighted by molar-refractivity contribution is 0.556. The predicted molar refractivity (Wildman–Crippen MR) is 68.1 cm³/mol. The molecule has 2 heteroatoms. The van der Waals surface area contributed by atoms with Crippen LogP contribution in [0.1, 0.15) is 39.0 Å². The van der Waals surface area contributed by atoms with E-state index in [0.29, 0.717) is 5.92 Å². The monoisotopic (exact) mass is 206 g/mol. The van der Waals surface area contributed by atoms with Crippen LogP contribution in [0.3, 0.4) is 0 Å². The first kappa shape index (κ1) is 13.8. The van der Waals surface area contributed by atoms with Gasteiger partial charge < -0.3 is 10.8 Å². The molecule has 0 aromatic heterocycles. The van der Waals surface area contributed by atoms with E-state index >= 15 is 0 Å². The average Bonchev–Trinajstić information content (AvgIpc) is 2.22. The summed E-state index contributed by atoms with van der Waals surface area (Å²) in [5, 5.41) is 14.6. The van der Waals surface area contributed by atoms with Gasteiger partial charge in [0.05, 0.1) is 0 Å². The Morgan fingerprint density at radius 2 is 2.07 bits per heavy atom. The summed E-state index contributed by atoms with van der Waals surface area (Å²) in [5.74, 6) is 0.349. The number of unbranched alkanes of at least 4 members (excludes halogenated alkanes) is 1. The van der Waals surface area contributed by atoms with Crippen LogP contribution >= 0.6 is 0 Å². The molecule has 0 aromatic rings. The average molecular weight is 206 g/mol. The second-order valence-corrected chi connectivity index (χ2v) is 3.92. The van der Waals surface area contributed by atoms with Crippen molar-refractivity contribution in [2.24, 2.45) is 5.92 Å². The Labute approximate surface area is 93.1 Å². The molecule has 1 unspecified atom stereocenters. The number of allylic oxidation sites excluding steroid dienone is 2. The van der Waals surface area contributed by atoms with Gasteiger partial charge in [-0.05, 0) is 51.2 Å². The van der Waals surface area contributed by atoms with Crippen LogP contribution < -0.4 is 0 Å². The Balaban J connectivity index is 3.93. The Morgan fingerprint density at radius 1 is 1.40 bits per heavy atom. The summed E-state index contributed by atoms with van der Waals surface area (Å²) in [6.07, 6.45) is 7.98. The first-order chi connectivity index (χ1) is 7.11. The minimum absolute atomic E-state index is 0.349. The van der Waals surface area contributed by atoms with Crippen molar-refractivity contribution in [1.82, 2.24) is 0 Å². The van der Waals surface area contributed by atoms with Gasteiger partial charge in [0.2, 0.25) is 0 Å². The highest BCUT2D eigenvalue weighted by Gasteiger charge is 2.10. The quantitative estimate of drug-likeness (QED) is 0.325. The SMILES string of the molecule is C=CC(=C)CCC(CCCC=N)C(C)=N. The van der Waals surface area contributed by atoms with Crippen LogP contribution in [0.15, 0.2) is 24.8 Å². The molecule has 0 aromatic carbocycles. The number of hydrogen-bond acceptors (Lipinski definition) is 2. The molecule has 84 valence electrons. The van der Waals surface area contributed by atoms with Crippen LogP contribution in [-0.4, -0.2) is 11.9 Å². The van der Waals surface area contributed by atoms with E-state index in [0.717, 1.165) is 43.4 Å². The minimum Gasteiger partial charge on any atom is -0.313 e. The van der Waals surface area contributed by atoms with Gasteiger partial charge in [-0.15, -0.1) is 0 Å². The normalized spacial score (nSPS) is 11.8. The summed E-state index contributed by atoms with van der Waals surface area (Å²) in [4.78, 5) is 0. The lowest BCUT2D eigenvalue weighted by atomic mass is 9.91. The van der Waals surface area contributed by atoms with Crippen LogP contribution in [0, 0.1) is 16.7 Å². The van der Waals surface area contributed by atoms with Crippen molar-refractivity contribution in [1.29, 1.82) is 10.8 Å². The second-order valence-electron chi connectivity index (χ2n) is 3.92. The van der Waals surface area contributed by atoms with E-state index in [1.54, 1.807) is 6.08 Å². The summed E-state index contributed by atoms with van der Waals surface area (Å²) in [5.41, 5.74) is 1.80. The van der Waals surface area contributed by atoms with E-state index in [2.05, 4.69) is 13.2 Å². The smallest absolute Gasteiger partial charge is 0.00892 e. The van der Waals surface area contributed by atoms with Gasteiger partial charge in [0, 0.05) is 5.71 Å². The zero-order valence-electron chi connectivity index (χ0n) is 9.68. The van der Waals surface area contributed by atoms with Crippen LogP contribution in [0.4, 0.5) is 0 Å². The van der Waals surface area contributed by atoms with Crippen molar-refractivity contribution in [2.75, 3.05) is 0 Å². The third kappa shape index (κ3) is 6.83. The molecule has 0 fully saturated rings. The maximum absolute atomic E-state index is 7.68. The molecule has 2 nitrogen and oxygen atoms in total. The molecular formula is C13H22N2. The fourth-order valence-electron chi connectivity index (χ4n) is 1.51. The maximum atomic E-state index is 7.68. The molecule has 0 amide bonds. The Kier molecular flexibility index (Phi) is 7.51. The second kappa shape index (κ2) is 8.16. The maximum Gasteiger partial charge on any atom is 0.00892 e. The number of hydrogen-bond donors (Lipinski definition) is 2. The molecular weight excluding hydrogens is 184 g/mol. The van der Waals surface area contributed by atoms with E-state index in [4.69, 9.17) is 10.8 Å². The topological polar surface area (TPSA) is 47.7 Å². The molecule has 0 radical (unpaired) electrons. The van der Waals surface area contributed by atoms with E-state index in [-0.39, 0.29) is 0 Å². The third-order valence-electron chi connectivity index (χ3n) is 2.62. The molecule has 0 aliphatic rings. The van der Waals surface area contributed by atoms with E-state index < -0.39 is 0 Å². The fourth-order valence-corrected chi connectivity index (χ4v) is 1.51. The summed E-state index contributed by atoms with van der Waals surface area (Å²) < 4.78 is 0. The standard InChI is InChI=1S/C13H22N2/c1-4-11(2)8-9-13(12(3)15)7-5-6-10-14/h4,10,13-15H,1-2,5-9H2,3H3. The van der Waals surface area contributed by atoms with Gasteiger partial charge in [-0.1, -0.05) is 24.8 Å². The lowest BCUT2D eigenvalue weighted by Gasteiger charge is -2.15. The summed E-state index contributed by atoms with van der Waals surface area (Å²) in [7, 11) is 0. The molecule has 15 heavy (non-hydrogen) atoms. The van der Waals surface area contributed by atoms with Gasteiger partial charge in [0.15, 0.2) is 0 Å². The minimum atomic E-state index is 0.349. The first-order valence-electron chi connectivity index (χ1n) is 5.46. The molecule has 0 saturated heterocycles. The van der Waals surface area contributed by atoms with Crippen LogP contribution in [-0.2, 0) is 0 Å². The zero-order valence-corrected chi connectivity index (χ0v) is 9.68. The largest absolute Gasteiger partial charge is 0.313 e. The first-order valence-corrected chi connectivity index (χ1v) is 5.46. The van der Waals surface area contributed by atoms with Gasteiger partial charge in [-0.25, -0.2) is 0 Å². The van der Waals surface area contributed by atoms with Crippen LogP contribution in [0.2, 0.25) is 0 Å². The molecule has 0 heterocycles. The van der Waals surface area contributed by atoms with Gasteiger partial charge in [-0.3, -0.25) is 0 Å². The van der Waals surface area contributed by atoms with Crippen LogP contribution in [0.5, 0.6) is 0 Å². The predicted octanol–water partition coefficient (Wildman–Crippen LogP) is 3.98. The van der Waals surface area contributed by atoms with Crippen molar-refractivity contribution in [2.45, 2.75) is 39.0 Å². The van der Waals surface area contributed by atoms with Crippen molar-refractivity contribution < 1.29 is 0 Å². The molecule has 0 aliphatic carbocycles. The zero-order chi connectivity index (χ0) is 11.7. The van der Waals surface area contributed by atoms with E-state index in [9.17, 15) is 0 Å². The molecule has 0 rings (SSSR count). The Morgan fingerprint density at radius 3 is 2.53 bits per heavy atom. The molecule has 0 bridgehead atoms. The van der Waals surface area contributed by atoms with Crippen molar-refractivity contribution in [3.63, 3.8) is 0 Å². The van der Waals surface area contributed by atoms with E-state index in [1.807, 2.05) is 6.92 Å². The molecule has 0 aliphatic heterocycles. The molecule has 0 spiro atoms. The Bertz CT molecular complexity index is 241. The summed E-state index contributed by atoms with van der Waals surface area (Å²) in [6, 6.07) is 0. The highest BCUT2D eigenvalue weighted by atomic mass is 14.4. The number of nitrogens with one attached hydrogen (secondary N) is 2. The molecule has 0 saturated carbocycles. The van der Waals surface area contributed by atoms with Gasteiger partial charge in [0.25, 0.3) is 0 Å². The number of rotatable bonds is 9. The Hall–Kier alpha value is -1.18. The molecule has 1 atom stereocenters. The molecule has 2 N–H and O–H groups in total. The highest BCUT2D eigenvalue weighted by molar-refractivity contribution is 5.81. The van der Waals surface area contributed by atoms with Gasteiger partial charge in [0.1, 0.15) is 0 Å². The third-order valence-corrected chi connectivity index (χ3v) is 2.62. The highest BCUT2D eigenvalue weighted by Crippen LogP contribution is 2.18. The lowest BCUT2D eigenvalue weighted by Crippen LogP contribution is -2.10. The van der Waals surface area contributed by atoms with E-state index in [1.165, 1.54) is 6.21 Å². The van der Waals surface area contributed by atoms with Crippen LogP contribution in [0.25, 0.3) is 0 Å². The van der Waals surface area contributed by atoms with Crippen molar-refractivity contribution in [3.8, 4) is 0 Å². The van der Waals surface area contributed by atoms with Gasteiger partial charge in [-0.2, -0.15) is 0 Å².